The summed E-state index contributed by atoms with van der Waals surface area (Å²) in [4.78, 5) is 3.83. The maximum Gasteiger partial charge on any atom is 0.124 e. The third kappa shape index (κ3) is 2.73. The predicted octanol–water partition coefficient (Wildman–Crippen LogP) is 4.16. The van der Waals surface area contributed by atoms with Crippen LogP contribution in [0, 0.1) is 5.82 Å². The molecule has 2 aromatic rings. The molecular weight excluding hydrogens is 307 g/mol. The highest BCUT2D eigenvalue weighted by Gasteiger charge is 2.31. The molecule has 1 aromatic carbocycles. The molecule has 3 rings (SSSR count). The van der Waals surface area contributed by atoms with Gasteiger partial charge >= 0.3 is 0 Å². The zero-order valence-corrected chi connectivity index (χ0v) is 13.4. The van der Waals surface area contributed by atoms with Gasteiger partial charge in [-0.3, -0.25) is 4.90 Å². The lowest BCUT2D eigenvalue weighted by Crippen LogP contribution is -2.39. The second kappa shape index (κ2) is 6.05. The van der Waals surface area contributed by atoms with Crippen molar-refractivity contribution in [2.45, 2.75) is 25.4 Å². The van der Waals surface area contributed by atoms with E-state index < -0.39 is 0 Å². The monoisotopic (exact) mass is 324 g/mol. The number of thiophene rings is 1. The summed E-state index contributed by atoms with van der Waals surface area (Å²) in [7, 11) is 0. The van der Waals surface area contributed by atoms with E-state index in [1.807, 2.05) is 11.3 Å². The van der Waals surface area contributed by atoms with Gasteiger partial charge in [0, 0.05) is 35.1 Å². The largest absolute Gasteiger partial charge is 0.329 e. The molecule has 0 bridgehead atoms. The van der Waals surface area contributed by atoms with Crippen molar-refractivity contribution in [3.8, 4) is 0 Å². The van der Waals surface area contributed by atoms with E-state index in [1.165, 1.54) is 22.6 Å². The van der Waals surface area contributed by atoms with E-state index in [1.54, 1.807) is 6.07 Å². The second-order valence-corrected chi connectivity index (χ2v) is 6.79. The van der Waals surface area contributed by atoms with Gasteiger partial charge in [0.1, 0.15) is 5.82 Å². The van der Waals surface area contributed by atoms with Crippen LogP contribution in [0.5, 0.6) is 0 Å². The molecule has 2 N–H and O–H groups in total. The summed E-state index contributed by atoms with van der Waals surface area (Å²) in [5.41, 5.74) is 8.29. The van der Waals surface area contributed by atoms with Crippen molar-refractivity contribution in [1.29, 1.82) is 0 Å². The molecule has 21 heavy (non-hydrogen) atoms. The van der Waals surface area contributed by atoms with Crippen molar-refractivity contribution in [2.75, 3.05) is 13.1 Å². The maximum absolute atomic E-state index is 13.3. The van der Waals surface area contributed by atoms with Crippen LogP contribution in [0.4, 0.5) is 4.39 Å². The summed E-state index contributed by atoms with van der Waals surface area (Å²) in [5.74, 6) is -0.314. The van der Waals surface area contributed by atoms with Crippen molar-refractivity contribution >= 4 is 22.9 Å². The predicted molar refractivity (Wildman–Crippen MR) is 86.3 cm³/mol. The molecule has 2 heterocycles. The van der Waals surface area contributed by atoms with E-state index >= 15 is 0 Å². The molecule has 2 unspecified atom stereocenters. The van der Waals surface area contributed by atoms with E-state index in [-0.39, 0.29) is 11.9 Å². The van der Waals surface area contributed by atoms with Crippen molar-refractivity contribution < 1.29 is 4.39 Å². The van der Waals surface area contributed by atoms with Crippen molar-refractivity contribution in [2.24, 2.45) is 5.73 Å². The summed E-state index contributed by atoms with van der Waals surface area (Å²) in [6.07, 6.45) is 1.03. The van der Waals surface area contributed by atoms with Crippen LogP contribution >= 0.6 is 22.9 Å². The van der Waals surface area contributed by atoms with Gasteiger partial charge in [-0.15, -0.1) is 11.3 Å². The van der Waals surface area contributed by atoms with E-state index in [2.05, 4.69) is 23.3 Å². The lowest BCUT2D eigenvalue weighted by Gasteiger charge is -2.39. The van der Waals surface area contributed by atoms with Gasteiger partial charge in [0.2, 0.25) is 0 Å². The smallest absolute Gasteiger partial charge is 0.124 e. The number of rotatable bonds is 3. The molecule has 0 radical (unpaired) electrons. The Labute approximate surface area is 133 Å². The van der Waals surface area contributed by atoms with Crippen LogP contribution in [-0.2, 0) is 6.42 Å². The van der Waals surface area contributed by atoms with Crippen LogP contribution in [0.3, 0.4) is 0 Å². The minimum Gasteiger partial charge on any atom is -0.329 e. The average Bonchev–Trinajstić information content (AvgIpc) is 2.93. The van der Waals surface area contributed by atoms with Crippen LogP contribution in [-0.4, -0.2) is 18.0 Å². The molecule has 5 heteroatoms. The quantitative estimate of drug-likeness (QED) is 0.918. The molecular formula is C16H18ClFN2S. The number of nitrogens with zero attached hydrogens (tertiary/aromatic N) is 1. The highest BCUT2D eigenvalue weighted by Crippen LogP contribution is 2.39. The fraction of sp³-hybridized carbons (Fsp3) is 0.375. The lowest BCUT2D eigenvalue weighted by molar-refractivity contribution is 0.139. The summed E-state index contributed by atoms with van der Waals surface area (Å²) >= 11 is 8.05. The van der Waals surface area contributed by atoms with Crippen LogP contribution in [0.15, 0.2) is 29.6 Å². The third-order valence-corrected chi connectivity index (χ3v) is 5.59. The van der Waals surface area contributed by atoms with Gasteiger partial charge in [0.15, 0.2) is 0 Å². The van der Waals surface area contributed by atoms with Gasteiger partial charge in [-0.2, -0.15) is 0 Å². The number of hydrogen-bond donors (Lipinski definition) is 1. The van der Waals surface area contributed by atoms with Crippen molar-refractivity contribution in [3.63, 3.8) is 0 Å². The Morgan fingerprint density at radius 1 is 1.48 bits per heavy atom. The lowest BCUT2D eigenvalue weighted by atomic mass is 9.96. The zero-order chi connectivity index (χ0) is 15.0. The fourth-order valence-corrected chi connectivity index (χ4v) is 4.42. The first-order valence-corrected chi connectivity index (χ1v) is 8.34. The Kier molecular flexibility index (Phi) is 4.31. The zero-order valence-electron chi connectivity index (χ0n) is 11.9. The van der Waals surface area contributed by atoms with E-state index in [4.69, 9.17) is 17.3 Å². The Hall–Kier alpha value is -0.940. The second-order valence-electron chi connectivity index (χ2n) is 5.38. The van der Waals surface area contributed by atoms with Crippen LogP contribution in [0.1, 0.15) is 35.0 Å². The molecule has 1 aliphatic heterocycles. The topological polar surface area (TPSA) is 29.3 Å². The Balaban J connectivity index is 1.94. The molecule has 2 atom stereocenters. The molecule has 112 valence electrons. The van der Waals surface area contributed by atoms with Gasteiger partial charge in [0.05, 0.1) is 0 Å². The summed E-state index contributed by atoms with van der Waals surface area (Å²) in [6, 6.07) is 7.08. The molecule has 1 aromatic heterocycles. The van der Waals surface area contributed by atoms with Crippen molar-refractivity contribution in [1.82, 2.24) is 4.90 Å². The van der Waals surface area contributed by atoms with E-state index in [9.17, 15) is 4.39 Å². The van der Waals surface area contributed by atoms with Crippen LogP contribution in [0.25, 0.3) is 0 Å². The molecule has 0 amide bonds. The van der Waals surface area contributed by atoms with E-state index in [0.717, 1.165) is 18.5 Å². The first-order chi connectivity index (χ1) is 10.1. The summed E-state index contributed by atoms with van der Waals surface area (Å²) < 4.78 is 13.3. The molecule has 1 aliphatic rings. The first-order valence-electron chi connectivity index (χ1n) is 7.09. The SMILES string of the molecule is CC1c2ccsc2CCN1C(CN)c1ccc(F)cc1Cl. The minimum absolute atomic E-state index is 0.0150. The van der Waals surface area contributed by atoms with E-state index in [0.29, 0.717) is 17.6 Å². The normalized spacial score (nSPS) is 20.3. The molecule has 0 spiro atoms. The van der Waals surface area contributed by atoms with Gasteiger partial charge in [0.25, 0.3) is 0 Å². The standard InChI is InChI=1S/C16H18ClFN2S/c1-10-12-5-7-21-16(12)4-6-20(10)15(9-19)13-3-2-11(18)8-14(13)17/h2-3,5,7-8,10,15H,4,6,9,19H2,1H3. The summed E-state index contributed by atoms with van der Waals surface area (Å²) in [5, 5.41) is 2.60. The fourth-order valence-electron chi connectivity index (χ4n) is 3.17. The number of fused-ring (bicyclic) bond motifs is 1. The van der Waals surface area contributed by atoms with Crippen LogP contribution < -0.4 is 5.73 Å². The molecule has 0 saturated carbocycles. The molecule has 2 nitrogen and oxygen atoms in total. The third-order valence-electron chi connectivity index (χ3n) is 4.27. The molecule has 0 saturated heterocycles. The van der Waals surface area contributed by atoms with Crippen LogP contribution in [0.2, 0.25) is 5.02 Å². The number of benzene rings is 1. The molecule has 0 fully saturated rings. The van der Waals surface area contributed by atoms with Crippen molar-refractivity contribution in [3.05, 3.63) is 56.5 Å². The summed E-state index contributed by atoms with van der Waals surface area (Å²) in [6.45, 7) is 3.62. The van der Waals surface area contributed by atoms with Gasteiger partial charge < -0.3 is 5.73 Å². The highest BCUT2D eigenvalue weighted by molar-refractivity contribution is 7.10. The number of halogens is 2. The highest BCUT2D eigenvalue weighted by atomic mass is 35.5. The number of nitrogens with two attached hydrogens (primary N) is 1. The Bertz CT molecular complexity index is 643. The van der Waals surface area contributed by atoms with Gasteiger partial charge in [-0.1, -0.05) is 17.7 Å². The van der Waals surface area contributed by atoms with Gasteiger partial charge in [-0.05, 0) is 48.1 Å². The minimum atomic E-state index is -0.314. The Morgan fingerprint density at radius 2 is 2.29 bits per heavy atom. The molecule has 0 aliphatic carbocycles. The first kappa shape index (κ1) is 15.0. The average molecular weight is 325 g/mol. The van der Waals surface area contributed by atoms with Gasteiger partial charge in [-0.25, -0.2) is 4.39 Å². The maximum atomic E-state index is 13.3. The Morgan fingerprint density at radius 3 is 3.00 bits per heavy atom. The number of hydrogen-bond acceptors (Lipinski definition) is 3.